The molecule has 3 N–H and O–H groups in total. The van der Waals surface area contributed by atoms with Crippen molar-refractivity contribution in [2.45, 2.75) is 13.2 Å². The highest BCUT2D eigenvalue weighted by Crippen LogP contribution is 2.15. The molecule has 0 aliphatic rings. The molecule has 0 bridgehead atoms. The number of hydrogen-bond donors (Lipinski definition) is 2. The van der Waals surface area contributed by atoms with Gasteiger partial charge in [0.15, 0.2) is 0 Å². The molecule has 0 aliphatic heterocycles. The van der Waals surface area contributed by atoms with Crippen molar-refractivity contribution in [3.63, 3.8) is 0 Å². The van der Waals surface area contributed by atoms with E-state index in [4.69, 9.17) is 5.73 Å². The van der Waals surface area contributed by atoms with Crippen LogP contribution in [0.15, 0.2) is 24.3 Å². The number of nitrogens with zero attached hydrogens (tertiary/aromatic N) is 1. The lowest BCUT2D eigenvalue weighted by Crippen LogP contribution is -2.27. The van der Waals surface area contributed by atoms with Crippen molar-refractivity contribution >= 4 is 11.4 Å². The number of hydrogen-bond acceptors (Lipinski definition) is 3. The van der Waals surface area contributed by atoms with Crippen LogP contribution >= 0.6 is 0 Å². The van der Waals surface area contributed by atoms with Crippen LogP contribution < -0.4 is 10.6 Å². The number of nitrogen functional groups attached to an aromatic ring is 1. The summed E-state index contributed by atoms with van der Waals surface area (Å²) in [6.45, 7) is 1.72. The zero-order valence-corrected chi connectivity index (χ0v) is 7.36. The van der Waals surface area contributed by atoms with E-state index in [2.05, 4.69) is 0 Å². The van der Waals surface area contributed by atoms with Gasteiger partial charge in [0.2, 0.25) is 0 Å². The third kappa shape index (κ3) is 1.89. The van der Waals surface area contributed by atoms with Gasteiger partial charge in [-0.05, 0) is 31.2 Å². The molecule has 0 heterocycles. The van der Waals surface area contributed by atoms with Crippen LogP contribution in [-0.4, -0.2) is 18.4 Å². The van der Waals surface area contributed by atoms with Gasteiger partial charge in [0, 0.05) is 18.4 Å². The van der Waals surface area contributed by atoms with Gasteiger partial charge in [-0.15, -0.1) is 0 Å². The normalized spacial score (nSPS) is 12.6. The van der Waals surface area contributed by atoms with Crippen LogP contribution in [0.2, 0.25) is 0 Å². The van der Waals surface area contributed by atoms with Crippen LogP contribution in [0, 0.1) is 0 Å². The fourth-order valence-electron chi connectivity index (χ4n) is 0.925. The minimum atomic E-state index is -0.478. The summed E-state index contributed by atoms with van der Waals surface area (Å²) < 4.78 is 0. The molecule has 1 unspecified atom stereocenters. The third-order valence-electron chi connectivity index (χ3n) is 1.86. The Hall–Kier alpha value is -1.22. The minimum absolute atomic E-state index is 0.478. The second kappa shape index (κ2) is 3.45. The molecule has 1 aromatic carbocycles. The predicted octanol–water partition coefficient (Wildman–Crippen LogP) is 1.04. The molecule has 12 heavy (non-hydrogen) atoms. The number of rotatable bonds is 2. The summed E-state index contributed by atoms with van der Waals surface area (Å²) in [5.74, 6) is 0. The largest absolute Gasteiger partial charge is 0.399 e. The molecule has 66 valence electrons. The van der Waals surface area contributed by atoms with Crippen molar-refractivity contribution in [2.75, 3.05) is 17.7 Å². The summed E-state index contributed by atoms with van der Waals surface area (Å²) in [5.41, 5.74) is 7.21. The molecule has 3 nitrogen and oxygen atoms in total. The number of benzene rings is 1. The summed E-state index contributed by atoms with van der Waals surface area (Å²) in [4.78, 5) is 1.76. The van der Waals surface area contributed by atoms with Crippen LogP contribution in [-0.2, 0) is 0 Å². The van der Waals surface area contributed by atoms with Gasteiger partial charge >= 0.3 is 0 Å². The van der Waals surface area contributed by atoms with Crippen molar-refractivity contribution < 1.29 is 5.11 Å². The van der Waals surface area contributed by atoms with Gasteiger partial charge in [0.05, 0.1) is 0 Å². The molecular weight excluding hydrogens is 152 g/mol. The summed E-state index contributed by atoms with van der Waals surface area (Å²) >= 11 is 0. The van der Waals surface area contributed by atoms with Crippen LogP contribution in [0.1, 0.15) is 6.92 Å². The van der Waals surface area contributed by atoms with Crippen LogP contribution in [0.25, 0.3) is 0 Å². The molecule has 0 fully saturated rings. The first kappa shape index (κ1) is 8.87. The zero-order chi connectivity index (χ0) is 9.14. The van der Waals surface area contributed by atoms with E-state index in [0.717, 1.165) is 11.4 Å². The first-order valence-corrected chi connectivity index (χ1v) is 3.87. The van der Waals surface area contributed by atoms with Gasteiger partial charge in [-0.3, -0.25) is 0 Å². The molecule has 1 rings (SSSR count). The van der Waals surface area contributed by atoms with E-state index in [1.54, 1.807) is 11.8 Å². The van der Waals surface area contributed by atoms with E-state index in [0.29, 0.717) is 0 Å². The monoisotopic (exact) mass is 166 g/mol. The van der Waals surface area contributed by atoms with E-state index >= 15 is 0 Å². The average Bonchev–Trinajstić information content (AvgIpc) is 2.04. The van der Waals surface area contributed by atoms with Gasteiger partial charge in [-0.1, -0.05) is 0 Å². The van der Waals surface area contributed by atoms with E-state index in [-0.39, 0.29) is 0 Å². The molecule has 0 aromatic heterocycles. The fraction of sp³-hybridized carbons (Fsp3) is 0.333. The Morgan fingerprint density at radius 2 is 1.83 bits per heavy atom. The Morgan fingerprint density at radius 1 is 1.33 bits per heavy atom. The molecule has 1 aromatic rings. The number of anilines is 2. The van der Waals surface area contributed by atoms with Crippen LogP contribution in [0.4, 0.5) is 11.4 Å². The standard InChI is InChI=1S/C9H14N2O/c1-7(12)11(2)9-5-3-8(10)4-6-9/h3-7,12H,10H2,1-2H3. The smallest absolute Gasteiger partial charge is 0.123 e. The van der Waals surface area contributed by atoms with Crippen molar-refractivity contribution in [3.05, 3.63) is 24.3 Å². The third-order valence-corrected chi connectivity index (χ3v) is 1.86. The molecule has 0 saturated carbocycles. The number of nitrogens with two attached hydrogens (primary N) is 1. The maximum atomic E-state index is 9.24. The van der Waals surface area contributed by atoms with E-state index in [1.807, 2.05) is 31.3 Å². The fourth-order valence-corrected chi connectivity index (χ4v) is 0.925. The maximum absolute atomic E-state index is 9.24. The molecule has 0 spiro atoms. The van der Waals surface area contributed by atoms with Crippen LogP contribution in [0.3, 0.4) is 0 Å². The highest BCUT2D eigenvalue weighted by atomic mass is 16.3. The molecule has 0 aliphatic carbocycles. The Bertz CT molecular complexity index is 243. The number of aliphatic hydroxyl groups excluding tert-OH is 1. The lowest BCUT2D eigenvalue weighted by molar-refractivity contribution is 0.195. The topological polar surface area (TPSA) is 49.5 Å². The molecule has 0 radical (unpaired) electrons. The first-order valence-electron chi connectivity index (χ1n) is 3.87. The Labute approximate surface area is 72.4 Å². The van der Waals surface area contributed by atoms with Crippen molar-refractivity contribution in [3.8, 4) is 0 Å². The van der Waals surface area contributed by atoms with Gasteiger partial charge in [0.1, 0.15) is 6.23 Å². The molecule has 1 atom stereocenters. The quantitative estimate of drug-likeness (QED) is 0.510. The second-order valence-electron chi connectivity index (χ2n) is 2.83. The predicted molar refractivity (Wildman–Crippen MR) is 50.9 cm³/mol. The first-order chi connectivity index (χ1) is 5.61. The summed E-state index contributed by atoms with van der Waals surface area (Å²) in [6.07, 6.45) is -0.478. The lowest BCUT2D eigenvalue weighted by Gasteiger charge is -2.22. The van der Waals surface area contributed by atoms with Crippen LogP contribution in [0.5, 0.6) is 0 Å². The Balaban J connectivity index is 2.82. The van der Waals surface area contributed by atoms with E-state index in [9.17, 15) is 5.11 Å². The molecule has 0 saturated heterocycles. The Morgan fingerprint density at radius 3 is 2.25 bits per heavy atom. The summed E-state index contributed by atoms with van der Waals surface area (Å²) in [6, 6.07) is 7.38. The molecule has 0 amide bonds. The van der Waals surface area contributed by atoms with Gasteiger partial charge in [-0.2, -0.15) is 0 Å². The Kier molecular flexibility index (Phi) is 2.55. The molecular formula is C9H14N2O. The summed E-state index contributed by atoms with van der Waals surface area (Å²) in [5, 5.41) is 9.24. The zero-order valence-electron chi connectivity index (χ0n) is 7.36. The highest BCUT2D eigenvalue weighted by molar-refractivity contribution is 5.52. The van der Waals surface area contributed by atoms with E-state index in [1.165, 1.54) is 0 Å². The second-order valence-corrected chi connectivity index (χ2v) is 2.83. The van der Waals surface area contributed by atoms with Gasteiger partial charge < -0.3 is 15.7 Å². The number of aliphatic hydroxyl groups is 1. The maximum Gasteiger partial charge on any atom is 0.123 e. The van der Waals surface area contributed by atoms with Crippen molar-refractivity contribution in [2.24, 2.45) is 0 Å². The van der Waals surface area contributed by atoms with E-state index < -0.39 is 6.23 Å². The van der Waals surface area contributed by atoms with Crippen molar-refractivity contribution in [1.29, 1.82) is 0 Å². The summed E-state index contributed by atoms with van der Waals surface area (Å²) in [7, 11) is 1.83. The SMILES string of the molecule is CC(O)N(C)c1ccc(N)cc1. The average molecular weight is 166 g/mol. The highest BCUT2D eigenvalue weighted by Gasteiger charge is 2.04. The van der Waals surface area contributed by atoms with Gasteiger partial charge in [-0.25, -0.2) is 0 Å². The minimum Gasteiger partial charge on any atom is -0.399 e. The lowest BCUT2D eigenvalue weighted by atomic mass is 10.2. The molecule has 3 heteroatoms. The van der Waals surface area contributed by atoms with Gasteiger partial charge in [0.25, 0.3) is 0 Å². The van der Waals surface area contributed by atoms with Crippen molar-refractivity contribution in [1.82, 2.24) is 0 Å².